The summed E-state index contributed by atoms with van der Waals surface area (Å²) in [4.78, 5) is 0. The first-order chi connectivity index (χ1) is 7.33. The lowest BCUT2D eigenvalue weighted by Crippen LogP contribution is -2.71. The first-order valence-electron chi connectivity index (χ1n) is 7.05. The van der Waals surface area contributed by atoms with Crippen LogP contribution in [0, 0.1) is 28.6 Å². The Balaban J connectivity index is 2.13. The van der Waals surface area contributed by atoms with Gasteiger partial charge in [-0.2, -0.15) is 0 Å². The van der Waals surface area contributed by atoms with E-state index in [1.165, 1.54) is 25.7 Å². The van der Waals surface area contributed by atoms with Crippen LogP contribution in [0.5, 0.6) is 0 Å². The van der Waals surface area contributed by atoms with Crippen molar-refractivity contribution in [3.05, 3.63) is 0 Å². The van der Waals surface area contributed by atoms with Crippen LogP contribution in [0.2, 0.25) is 0 Å². The van der Waals surface area contributed by atoms with E-state index < -0.39 is 5.60 Å². The van der Waals surface area contributed by atoms with E-state index in [0.29, 0.717) is 0 Å². The minimum atomic E-state index is -0.391. The topological polar surface area (TPSA) is 20.2 Å². The number of hydrogen-bond donors (Lipinski definition) is 1. The zero-order valence-corrected chi connectivity index (χ0v) is 11.2. The van der Waals surface area contributed by atoms with Crippen LogP contribution < -0.4 is 0 Å². The SMILES string of the molecule is CC1CCC2(O)C(C)(C)C3CCC2(C)C1C3. The van der Waals surface area contributed by atoms with Gasteiger partial charge in [-0.3, -0.25) is 0 Å². The highest BCUT2D eigenvalue weighted by Crippen LogP contribution is 2.71. The highest BCUT2D eigenvalue weighted by Gasteiger charge is 2.69. The Labute approximate surface area is 99.6 Å². The highest BCUT2D eigenvalue weighted by molar-refractivity contribution is 5.19. The molecule has 5 atom stereocenters. The Morgan fingerprint density at radius 3 is 2.44 bits per heavy atom. The van der Waals surface area contributed by atoms with Gasteiger partial charge in [-0.25, -0.2) is 0 Å². The second kappa shape index (κ2) is 2.85. The van der Waals surface area contributed by atoms with E-state index in [2.05, 4.69) is 27.7 Å². The smallest absolute Gasteiger partial charge is 0.0757 e. The summed E-state index contributed by atoms with van der Waals surface area (Å²) in [5, 5.41) is 11.3. The van der Waals surface area contributed by atoms with E-state index in [4.69, 9.17) is 0 Å². The predicted molar refractivity (Wildman–Crippen MR) is 66.1 cm³/mol. The molecule has 0 saturated heterocycles. The molecule has 0 aromatic carbocycles. The summed E-state index contributed by atoms with van der Waals surface area (Å²) < 4.78 is 0. The number of fused-ring (bicyclic) bond motifs is 1. The van der Waals surface area contributed by atoms with Crippen LogP contribution in [0.1, 0.15) is 59.8 Å². The maximum Gasteiger partial charge on any atom is 0.0757 e. The molecule has 4 fully saturated rings. The molecule has 0 heterocycles. The molecule has 5 unspecified atom stereocenters. The maximum absolute atomic E-state index is 11.3. The quantitative estimate of drug-likeness (QED) is 0.664. The van der Waals surface area contributed by atoms with Crippen LogP contribution in [0.4, 0.5) is 0 Å². The summed E-state index contributed by atoms with van der Waals surface area (Å²) in [6.07, 6.45) is 6.23. The highest BCUT2D eigenvalue weighted by atomic mass is 16.3. The summed E-state index contributed by atoms with van der Waals surface area (Å²) in [6, 6.07) is 0. The fourth-order valence-electron chi connectivity index (χ4n) is 5.69. The molecule has 4 aliphatic carbocycles. The van der Waals surface area contributed by atoms with Gasteiger partial charge >= 0.3 is 0 Å². The summed E-state index contributed by atoms with van der Waals surface area (Å²) in [5.74, 6) is 2.36. The van der Waals surface area contributed by atoms with Crippen LogP contribution in [-0.4, -0.2) is 10.7 Å². The molecule has 0 spiro atoms. The molecule has 92 valence electrons. The van der Waals surface area contributed by atoms with Gasteiger partial charge in [0.25, 0.3) is 0 Å². The van der Waals surface area contributed by atoms with Crippen molar-refractivity contribution in [2.45, 2.75) is 65.4 Å². The molecule has 1 N–H and O–H groups in total. The van der Waals surface area contributed by atoms with Crippen LogP contribution >= 0.6 is 0 Å². The Morgan fingerprint density at radius 2 is 1.75 bits per heavy atom. The Bertz CT molecular complexity index is 321. The molecule has 0 aromatic heterocycles. The summed E-state index contributed by atoms with van der Waals surface area (Å²) >= 11 is 0. The van der Waals surface area contributed by atoms with E-state index in [0.717, 1.165) is 24.2 Å². The van der Waals surface area contributed by atoms with Crippen molar-refractivity contribution in [3.8, 4) is 0 Å². The third-order valence-electron chi connectivity index (χ3n) is 7.05. The van der Waals surface area contributed by atoms with Gasteiger partial charge in [-0.1, -0.05) is 27.7 Å². The minimum absolute atomic E-state index is 0.136. The Hall–Kier alpha value is -0.0400. The molecular weight excluding hydrogens is 196 g/mol. The molecule has 4 bridgehead atoms. The summed E-state index contributed by atoms with van der Waals surface area (Å²) in [5.41, 5.74) is -0.0576. The van der Waals surface area contributed by atoms with Gasteiger partial charge in [-0.05, 0) is 60.7 Å². The van der Waals surface area contributed by atoms with Crippen molar-refractivity contribution in [1.29, 1.82) is 0 Å². The van der Waals surface area contributed by atoms with E-state index >= 15 is 0 Å². The zero-order chi connectivity index (χ0) is 11.8. The molecule has 4 saturated carbocycles. The van der Waals surface area contributed by atoms with Crippen LogP contribution in [0.15, 0.2) is 0 Å². The van der Waals surface area contributed by atoms with Crippen molar-refractivity contribution in [2.24, 2.45) is 28.6 Å². The molecule has 0 aliphatic heterocycles. The molecule has 4 rings (SSSR count). The van der Waals surface area contributed by atoms with Gasteiger partial charge in [-0.15, -0.1) is 0 Å². The number of rotatable bonds is 0. The Morgan fingerprint density at radius 1 is 1.06 bits per heavy atom. The van der Waals surface area contributed by atoms with E-state index in [9.17, 15) is 5.11 Å². The number of aliphatic hydroxyl groups is 1. The largest absolute Gasteiger partial charge is 0.389 e. The second-order valence-corrected chi connectivity index (χ2v) is 7.59. The van der Waals surface area contributed by atoms with Crippen molar-refractivity contribution >= 4 is 0 Å². The normalized spacial score (nSPS) is 58.7. The molecule has 0 amide bonds. The predicted octanol–water partition coefficient (Wildman–Crippen LogP) is 3.61. The van der Waals surface area contributed by atoms with Gasteiger partial charge in [0, 0.05) is 0 Å². The average Bonchev–Trinajstić information content (AvgIpc) is 2.22. The maximum atomic E-state index is 11.3. The average molecular weight is 222 g/mol. The Kier molecular flexibility index (Phi) is 1.98. The zero-order valence-electron chi connectivity index (χ0n) is 11.2. The first kappa shape index (κ1) is 11.1. The van der Waals surface area contributed by atoms with Crippen molar-refractivity contribution in [2.75, 3.05) is 0 Å². The van der Waals surface area contributed by atoms with Gasteiger partial charge in [0.1, 0.15) is 0 Å². The fourth-order valence-corrected chi connectivity index (χ4v) is 5.69. The lowest BCUT2D eigenvalue weighted by Gasteiger charge is -2.71. The van der Waals surface area contributed by atoms with Gasteiger partial charge in [0.15, 0.2) is 0 Å². The standard InChI is InChI=1S/C15H26O/c1-10-5-8-15(16)13(2,3)11-6-7-14(15,4)12(10)9-11/h10-12,16H,5-9H2,1-4H3. The molecule has 0 aromatic rings. The third-order valence-corrected chi connectivity index (χ3v) is 7.05. The molecular formula is C15H26O. The van der Waals surface area contributed by atoms with E-state index in [1.807, 2.05) is 0 Å². The van der Waals surface area contributed by atoms with Crippen molar-refractivity contribution in [3.63, 3.8) is 0 Å². The monoisotopic (exact) mass is 222 g/mol. The molecule has 4 aliphatic rings. The van der Waals surface area contributed by atoms with E-state index in [1.54, 1.807) is 0 Å². The molecule has 0 radical (unpaired) electrons. The van der Waals surface area contributed by atoms with Gasteiger partial charge in [0.05, 0.1) is 5.60 Å². The molecule has 1 heteroatoms. The van der Waals surface area contributed by atoms with Gasteiger partial charge in [0.2, 0.25) is 0 Å². The lowest BCUT2D eigenvalue weighted by molar-refractivity contribution is -0.291. The molecule has 16 heavy (non-hydrogen) atoms. The van der Waals surface area contributed by atoms with Gasteiger partial charge < -0.3 is 5.11 Å². The van der Waals surface area contributed by atoms with Crippen LogP contribution in [0.25, 0.3) is 0 Å². The molecule has 1 nitrogen and oxygen atoms in total. The first-order valence-corrected chi connectivity index (χ1v) is 7.05. The van der Waals surface area contributed by atoms with Crippen molar-refractivity contribution in [1.82, 2.24) is 0 Å². The lowest BCUT2D eigenvalue weighted by atomic mass is 9.35. The summed E-state index contributed by atoms with van der Waals surface area (Å²) in [6.45, 7) is 9.43. The second-order valence-electron chi connectivity index (χ2n) is 7.59. The van der Waals surface area contributed by atoms with Crippen molar-refractivity contribution < 1.29 is 5.11 Å². The minimum Gasteiger partial charge on any atom is -0.389 e. The van der Waals surface area contributed by atoms with Crippen LogP contribution in [-0.2, 0) is 0 Å². The van der Waals surface area contributed by atoms with Crippen LogP contribution in [0.3, 0.4) is 0 Å². The number of hydrogen-bond acceptors (Lipinski definition) is 1. The van der Waals surface area contributed by atoms with E-state index in [-0.39, 0.29) is 10.8 Å². The third kappa shape index (κ3) is 0.939. The summed E-state index contributed by atoms with van der Waals surface area (Å²) in [7, 11) is 0. The fraction of sp³-hybridized carbons (Fsp3) is 1.00.